The highest BCUT2D eigenvalue weighted by Crippen LogP contribution is 2.42. The van der Waals surface area contributed by atoms with E-state index in [-0.39, 0.29) is 28.0 Å². The molecule has 0 aliphatic heterocycles. The quantitative estimate of drug-likeness (QED) is 0.450. The van der Waals surface area contributed by atoms with Gasteiger partial charge in [0.25, 0.3) is 0 Å². The first-order chi connectivity index (χ1) is 9.62. The lowest BCUT2D eigenvalue weighted by Gasteiger charge is -2.37. The number of hydrogen-bond acceptors (Lipinski definition) is 4. The molecular formula is C14H22Br2O4. The summed E-state index contributed by atoms with van der Waals surface area (Å²) in [4.78, 5) is 22.3. The van der Waals surface area contributed by atoms with Gasteiger partial charge in [0.05, 0.1) is 13.2 Å². The minimum atomic E-state index is -0.221. The number of rotatable bonds is 8. The smallest absolute Gasteiger partial charge is 0.316 e. The lowest BCUT2D eigenvalue weighted by atomic mass is 9.70. The summed E-state index contributed by atoms with van der Waals surface area (Å²) in [6, 6.07) is 0. The monoisotopic (exact) mass is 412 g/mol. The van der Waals surface area contributed by atoms with E-state index >= 15 is 0 Å². The number of ether oxygens (including phenoxy) is 2. The highest BCUT2D eigenvalue weighted by Gasteiger charge is 2.32. The maximum Gasteiger partial charge on any atom is 0.316 e. The molecule has 1 aliphatic carbocycles. The van der Waals surface area contributed by atoms with Gasteiger partial charge in [-0.15, -0.1) is 0 Å². The molecule has 0 aromatic heterocycles. The Labute approximate surface area is 137 Å². The third-order valence-corrected chi connectivity index (χ3v) is 4.84. The number of hydrogen-bond donors (Lipinski definition) is 0. The Morgan fingerprint density at radius 2 is 1.30 bits per heavy atom. The van der Waals surface area contributed by atoms with E-state index in [9.17, 15) is 9.59 Å². The van der Waals surface area contributed by atoms with E-state index in [1.807, 2.05) is 0 Å². The molecular weight excluding hydrogens is 392 g/mol. The van der Waals surface area contributed by atoms with E-state index in [2.05, 4.69) is 31.9 Å². The topological polar surface area (TPSA) is 52.6 Å². The van der Waals surface area contributed by atoms with Gasteiger partial charge in [0.2, 0.25) is 0 Å². The standard InChI is InChI=1S/C14H22Br2O4/c15-10-12(17)19-8-6-14(4-2-1-3-5-14)7-9-20-13(18)11-16/h1-11H2. The summed E-state index contributed by atoms with van der Waals surface area (Å²) in [6.07, 6.45) is 7.66. The lowest BCUT2D eigenvalue weighted by Crippen LogP contribution is -2.28. The second-order valence-electron chi connectivity index (χ2n) is 5.27. The summed E-state index contributed by atoms with van der Waals surface area (Å²) < 4.78 is 10.3. The van der Waals surface area contributed by atoms with Gasteiger partial charge in [-0.3, -0.25) is 9.59 Å². The van der Waals surface area contributed by atoms with Crippen molar-refractivity contribution in [2.45, 2.75) is 44.9 Å². The van der Waals surface area contributed by atoms with Crippen LogP contribution in [-0.2, 0) is 19.1 Å². The first-order valence-corrected chi connectivity index (χ1v) is 9.29. The van der Waals surface area contributed by atoms with E-state index in [4.69, 9.17) is 9.47 Å². The van der Waals surface area contributed by atoms with Crippen molar-refractivity contribution in [2.24, 2.45) is 5.41 Å². The van der Waals surface area contributed by atoms with Crippen LogP contribution in [0.3, 0.4) is 0 Å². The minimum Gasteiger partial charge on any atom is -0.465 e. The molecule has 0 heterocycles. The zero-order chi connectivity index (χ0) is 14.8. The van der Waals surface area contributed by atoms with Gasteiger partial charge >= 0.3 is 11.9 Å². The Hall–Kier alpha value is -0.100. The molecule has 6 heteroatoms. The second-order valence-corrected chi connectivity index (χ2v) is 6.39. The van der Waals surface area contributed by atoms with Crippen molar-refractivity contribution in [1.29, 1.82) is 0 Å². The molecule has 0 aromatic carbocycles. The zero-order valence-electron chi connectivity index (χ0n) is 11.7. The fourth-order valence-corrected chi connectivity index (χ4v) is 3.09. The van der Waals surface area contributed by atoms with Crippen LogP contribution in [0.15, 0.2) is 0 Å². The molecule has 0 atom stereocenters. The average molecular weight is 414 g/mol. The Morgan fingerprint density at radius 3 is 1.70 bits per heavy atom. The third-order valence-electron chi connectivity index (χ3n) is 3.92. The van der Waals surface area contributed by atoms with Crippen LogP contribution < -0.4 is 0 Å². The zero-order valence-corrected chi connectivity index (χ0v) is 14.8. The van der Waals surface area contributed by atoms with Crippen molar-refractivity contribution < 1.29 is 19.1 Å². The molecule has 0 unspecified atom stereocenters. The van der Waals surface area contributed by atoms with Gasteiger partial charge in [0, 0.05) is 0 Å². The second kappa shape index (κ2) is 9.77. The molecule has 0 spiro atoms. The van der Waals surface area contributed by atoms with E-state index in [0.717, 1.165) is 25.7 Å². The van der Waals surface area contributed by atoms with Gasteiger partial charge in [0.15, 0.2) is 0 Å². The highest BCUT2D eigenvalue weighted by atomic mass is 79.9. The third kappa shape index (κ3) is 6.57. The lowest BCUT2D eigenvalue weighted by molar-refractivity contribution is -0.141. The molecule has 1 rings (SSSR count). The van der Waals surface area contributed by atoms with E-state index in [1.165, 1.54) is 19.3 Å². The van der Waals surface area contributed by atoms with Crippen LogP contribution in [0.5, 0.6) is 0 Å². The Morgan fingerprint density at radius 1 is 0.850 bits per heavy atom. The fourth-order valence-electron chi connectivity index (χ4n) is 2.77. The first-order valence-electron chi connectivity index (χ1n) is 7.05. The van der Waals surface area contributed by atoms with Crippen LogP contribution in [0, 0.1) is 5.41 Å². The fraction of sp³-hybridized carbons (Fsp3) is 0.857. The predicted molar refractivity (Wildman–Crippen MR) is 84.3 cm³/mol. The van der Waals surface area contributed by atoms with E-state index < -0.39 is 0 Å². The van der Waals surface area contributed by atoms with Gasteiger partial charge in [-0.2, -0.15) is 0 Å². The number of esters is 2. The van der Waals surface area contributed by atoms with Gasteiger partial charge in [0.1, 0.15) is 10.7 Å². The summed E-state index contributed by atoms with van der Waals surface area (Å²) in [5, 5.41) is 0.478. The van der Waals surface area contributed by atoms with Crippen molar-refractivity contribution in [3.05, 3.63) is 0 Å². The molecule has 0 radical (unpaired) electrons. The van der Waals surface area contributed by atoms with Crippen LogP contribution in [0.2, 0.25) is 0 Å². The average Bonchev–Trinajstić information content (AvgIpc) is 2.47. The Kier molecular flexibility index (Phi) is 8.77. The number of halogens is 2. The van der Waals surface area contributed by atoms with Crippen LogP contribution in [0.25, 0.3) is 0 Å². The van der Waals surface area contributed by atoms with Gasteiger partial charge in [-0.1, -0.05) is 51.1 Å². The summed E-state index contributed by atoms with van der Waals surface area (Å²) in [5.41, 5.74) is 0.164. The maximum atomic E-state index is 11.2. The van der Waals surface area contributed by atoms with E-state index in [1.54, 1.807) is 0 Å². The molecule has 0 bridgehead atoms. The van der Waals surface area contributed by atoms with Crippen molar-refractivity contribution in [3.8, 4) is 0 Å². The molecule has 0 N–H and O–H groups in total. The van der Waals surface area contributed by atoms with E-state index in [0.29, 0.717) is 13.2 Å². The maximum absolute atomic E-state index is 11.2. The molecule has 1 fully saturated rings. The van der Waals surface area contributed by atoms with Gasteiger partial charge < -0.3 is 9.47 Å². The van der Waals surface area contributed by atoms with Crippen LogP contribution >= 0.6 is 31.9 Å². The van der Waals surface area contributed by atoms with Crippen LogP contribution in [-0.4, -0.2) is 35.8 Å². The molecule has 1 aliphatic rings. The number of carbonyl (C=O) groups excluding carboxylic acids is 2. The minimum absolute atomic E-state index is 0.164. The molecule has 0 saturated heterocycles. The number of alkyl halides is 2. The van der Waals surface area contributed by atoms with Crippen molar-refractivity contribution in [2.75, 3.05) is 23.9 Å². The molecule has 116 valence electrons. The van der Waals surface area contributed by atoms with Gasteiger partial charge in [-0.05, 0) is 31.1 Å². The normalized spacial score (nSPS) is 17.5. The summed E-state index contributed by atoms with van der Waals surface area (Å²) in [6.45, 7) is 0.910. The Bertz CT molecular complexity index is 290. The summed E-state index contributed by atoms with van der Waals surface area (Å²) >= 11 is 6.17. The van der Waals surface area contributed by atoms with Crippen LogP contribution in [0.1, 0.15) is 44.9 Å². The Balaban J connectivity index is 2.40. The highest BCUT2D eigenvalue weighted by molar-refractivity contribution is 9.09. The first kappa shape index (κ1) is 18.0. The number of carbonyl (C=O) groups is 2. The van der Waals surface area contributed by atoms with Gasteiger partial charge in [-0.25, -0.2) is 0 Å². The molecule has 0 amide bonds. The summed E-state index contributed by atoms with van der Waals surface area (Å²) in [7, 11) is 0. The molecule has 0 aromatic rings. The SMILES string of the molecule is O=C(CBr)OCCC1(CCOC(=O)CBr)CCCCC1. The van der Waals surface area contributed by atoms with Crippen molar-refractivity contribution in [1.82, 2.24) is 0 Å². The largest absolute Gasteiger partial charge is 0.465 e. The van der Waals surface area contributed by atoms with Crippen molar-refractivity contribution >= 4 is 43.8 Å². The van der Waals surface area contributed by atoms with Crippen LogP contribution in [0.4, 0.5) is 0 Å². The molecule has 4 nitrogen and oxygen atoms in total. The van der Waals surface area contributed by atoms with Crippen molar-refractivity contribution in [3.63, 3.8) is 0 Å². The molecule has 1 saturated carbocycles. The predicted octanol–water partition coefficient (Wildman–Crippen LogP) is 3.59. The summed E-state index contributed by atoms with van der Waals surface area (Å²) in [5.74, 6) is -0.441. The molecule has 20 heavy (non-hydrogen) atoms.